The number of ether oxygens (including phenoxy) is 1. The summed E-state index contributed by atoms with van der Waals surface area (Å²) in [5, 5.41) is 0.714. The number of halogens is 2. The summed E-state index contributed by atoms with van der Waals surface area (Å²) in [6.45, 7) is 2.04. The summed E-state index contributed by atoms with van der Waals surface area (Å²) in [5.74, 6) is 1.33. The van der Waals surface area contributed by atoms with Crippen molar-refractivity contribution in [1.82, 2.24) is 0 Å². The van der Waals surface area contributed by atoms with Gasteiger partial charge in [-0.3, -0.25) is 0 Å². The molecule has 0 aromatic heterocycles. The van der Waals surface area contributed by atoms with Gasteiger partial charge in [0.05, 0.1) is 5.88 Å². The van der Waals surface area contributed by atoms with Gasteiger partial charge in [0.25, 0.3) is 0 Å². The standard InChI is InChI=1S/C10H12Cl2O/c1-2-9(7-11)13-10-5-3-8(12)4-6-10/h3-6,9H,2,7H2,1H3. The van der Waals surface area contributed by atoms with Crippen LogP contribution in [0.3, 0.4) is 0 Å². The van der Waals surface area contributed by atoms with Gasteiger partial charge in [0.2, 0.25) is 0 Å². The first kappa shape index (κ1) is 10.7. The Hall–Kier alpha value is -0.400. The van der Waals surface area contributed by atoms with Gasteiger partial charge in [-0.25, -0.2) is 0 Å². The molecule has 0 radical (unpaired) electrons. The predicted molar refractivity (Wildman–Crippen MR) is 56.9 cm³/mol. The van der Waals surface area contributed by atoms with Gasteiger partial charge in [-0.05, 0) is 30.7 Å². The molecule has 0 N–H and O–H groups in total. The van der Waals surface area contributed by atoms with Crippen molar-refractivity contribution in [3.63, 3.8) is 0 Å². The van der Waals surface area contributed by atoms with Crippen LogP contribution in [0.5, 0.6) is 5.75 Å². The SMILES string of the molecule is CCC(CCl)Oc1ccc(Cl)cc1. The maximum absolute atomic E-state index is 5.73. The van der Waals surface area contributed by atoms with Crippen LogP contribution >= 0.6 is 23.2 Å². The van der Waals surface area contributed by atoms with Crippen LogP contribution < -0.4 is 4.74 Å². The molecule has 3 heteroatoms. The topological polar surface area (TPSA) is 9.23 Å². The van der Waals surface area contributed by atoms with Crippen molar-refractivity contribution in [1.29, 1.82) is 0 Å². The summed E-state index contributed by atoms with van der Waals surface area (Å²) >= 11 is 11.4. The number of hydrogen-bond donors (Lipinski definition) is 0. The lowest BCUT2D eigenvalue weighted by molar-refractivity contribution is 0.220. The van der Waals surface area contributed by atoms with Crippen molar-refractivity contribution in [2.75, 3.05) is 5.88 Å². The third-order valence-electron chi connectivity index (χ3n) is 1.74. The summed E-state index contributed by atoms with van der Waals surface area (Å²) in [7, 11) is 0. The van der Waals surface area contributed by atoms with Crippen LogP contribution in [-0.2, 0) is 0 Å². The monoisotopic (exact) mass is 218 g/mol. The fourth-order valence-electron chi connectivity index (χ4n) is 0.930. The van der Waals surface area contributed by atoms with Crippen LogP contribution in [-0.4, -0.2) is 12.0 Å². The van der Waals surface area contributed by atoms with E-state index in [4.69, 9.17) is 27.9 Å². The van der Waals surface area contributed by atoms with Gasteiger partial charge in [0, 0.05) is 5.02 Å². The van der Waals surface area contributed by atoms with E-state index in [0.717, 1.165) is 12.2 Å². The van der Waals surface area contributed by atoms with Crippen molar-refractivity contribution in [3.05, 3.63) is 29.3 Å². The zero-order valence-corrected chi connectivity index (χ0v) is 8.98. The molecule has 1 unspecified atom stereocenters. The zero-order valence-electron chi connectivity index (χ0n) is 7.47. The Morgan fingerprint density at radius 2 is 1.92 bits per heavy atom. The Morgan fingerprint density at radius 1 is 1.31 bits per heavy atom. The van der Waals surface area contributed by atoms with Gasteiger partial charge in [0.1, 0.15) is 11.9 Å². The first-order chi connectivity index (χ1) is 6.26. The highest BCUT2D eigenvalue weighted by Gasteiger charge is 2.05. The molecule has 1 aromatic carbocycles. The lowest BCUT2D eigenvalue weighted by Crippen LogP contribution is -2.16. The zero-order chi connectivity index (χ0) is 9.68. The first-order valence-corrected chi connectivity index (χ1v) is 5.15. The number of hydrogen-bond acceptors (Lipinski definition) is 1. The van der Waals surface area contributed by atoms with E-state index in [1.165, 1.54) is 0 Å². The number of benzene rings is 1. The summed E-state index contributed by atoms with van der Waals surface area (Å²) in [6.07, 6.45) is 0.995. The van der Waals surface area contributed by atoms with E-state index in [-0.39, 0.29) is 6.10 Å². The average molecular weight is 219 g/mol. The molecule has 0 aliphatic heterocycles. The van der Waals surface area contributed by atoms with E-state index < -0.39 is 0 Å². The Morgan fingerprint density at radius 3 is 2.38 bits per heavy atom. The van der Waals surface area contributed by atoms with Crippen LogP contribution in [0.15, 0.2) is 24.3 Å². The molecule has 1 nitrogen and oxygen atoms in total. The Balaban J connectivity index is 2.58. The first-order valence-electron chi connectivity index (χ1n) is 4.24. The molecule has 0 spiro atoms. The molecule has 1 rings (SSSR count). The molecule has 0 aliphatic rings. The summed E-state index contributed by atoms with van der Waals surface area (Å²) < 4.78 is 5.58. The second kappa shape index (κ2) is 5.36. The highest BCUT2D eigenvalue weighted by atomic mass is 35.5. The quantitative estimate of drug-likeness (QED) is 0.701. The molecule has 0 saturated carbocycles. The largest absolute Gasteiger partial charge is 0.489 e. The maximum Gasteiger partial charge on any atom is 0.119 e. The van der Waals surface area contributed by atoms with Crippen molar-refractivity contribution >= 4 is 23.2 Å². The molecule has 72 valence electrons. The molecule has 1 aromatic rings. The van der Waals surface area contributed by atoms with Crippen LogP contribution in [0.2, 0.25) is 5.02 Å². The Kier molecular flexibility index (Phi) is 4.40. The van der Waals surface area contributed by atoms with E-state index in [9.17, 15) is 0 Å². The van der Waals surface area contributed by atoms with Crippen LogP contribution in [0.25, 0.3) is 0 Å². The van der Waals surface area contributed by atoms with E-state index in [0.29, 0.717) is 10.9 Å². The van der Waals surface area contributed by atoms with Gasteiger partial charge in [0.15, 0.2) is 0 Å². The maximum atomic E-state index is 5.73. The fourth-order valence-corrected chi connectivity index (χ4v) is 1.34. The summed E-state index contributed by atoms with van der Waals surface area (Å²) in [5.41, 5.74) is 0. The summed E-state index contributed by atoms with van der Waals surface area (Å²) in [6, 6.07) is 7.30. The van der Waals surface area contributed by atoms with Crippen molar-refractivity contribution in [3.8, 4) is 5.75 Å². The second-order valence-corrected chi connectivity index (χ2v) is 3.50. The van der Waals surface area contributed by atoms with Crippen LogP contribution in [0.1, 0.15) is 13.3 Å². The summed E-state index contributed by atoms with van der Waals surface area (Å²) in [4.78, 5) is 0. The number of rotatable bonds is 4. The van der Waals surface area contributed by atoms with Crippen molar-refractivity contribution in [2.45, 2.75) is 19.4 Å². The van der Waals surface area contributed by atoms with Gasteiger partial charge in [-0.2, -0.15) is 0 Å². The molecule has 13 heavy (non-hydrogen) atoms. The number of alkyl halides is 1. The highest BCUT2D eigenvalue weighted by molar-refractivity contribution is 6.30. The van der Waals surface area contributed by atoms with E-state index in [2.05, 4.69) is 0 Å². The van der Waals surface area contributed by atoms with Gasteiger partial charge in [-0.15, -0.1) is 11.6 Å². The highest BCUT2D eigenvalue weighted by Crippen LogP contribution is 2.17. The fraction of sp³-hybridized carbons (Fsp3) is 0.400. The molecule has 1 atom stereocenters. The minimum absolute atomic E-state index is 0.0860. The van der Waals surface area contributed by atoms with E-state index >= 15 is 0 Å². The lowest BCUT2D eigenvalue weighted by atomic mass is 10.3. The minimum Gasteiger partial charge on any atom is -0.489 e. The lowest BCUT2D eigenvalue weighted by Gasteiger charge is -2.14. The van der Waals surface area contributed by atoms with E-state index in [1.54, 1.807) is 12.1 Å². The van der Waals surface area contributed by atoms with Gasteiger partial charge in [-0.1, -0.05) is 18.5 Å². The van der Waals surface area contributed by atoms with Crippen molar-refractivity contribution < 1.29 is 4.74 Å². The Labute approximate surface area is 88.6 Å². The van der Waals surface area contributed by atoms with Gasteiger partial charge < -0.3 is 4.74 Å². The van der Waals surface area contributed by atoms with Crippen LogP contribution in [0, 0.1) is 0 Å². The molecule has 0 bridgehead atoms. The second-order valence-electron chi connectivity index (χ2n) is 2.76. The molecule has 0 amide bonds. The molecule has 0 aliphatic carbocycles. The molecular weight excluding hydrogens is 207 g/mol. The molecular formula is C10H12Cl2O. The Bertz CT molecular complexity index is 242. The third-order valence-corrected chi connectivity index (χ3v) is 2.34. The minimum atomic E-state index is 0.0860. The molecule has 0 heterocycles. The van der Waals surface area contributed by atoms with Gasteiger partial charge >= 0.3 is 0 Å². The third kappa shape index (κ3) is 3.45. The molecule has 0 saturated heterocycles. The van der Waals surface area contributed by atoms with Crippen molar-refractivity contribution in [2.24, 2.45) is 0 Å². The average Bonchev–Trinajstić information content (AvgIpc) is 2.17. The smallest absolute Gasteiger partial charge is 0.119 e. The molecule has 0 fully saturated rings. The van der Waals surface area contributed by atoms with E-state index in [1.807, 2.05) is 19.1 Å². The van der Waals surface area contributed by atoms with Crippen LogP contribution in [0.4, 0.5) is 0 Å². The predicted octanol–water partition coefficient (Wildman–Crippen LogP) is 3.74. The normalized spacial score (nSPS) is 12.5.